The first kappa shape index (κ1) is 25.7. The van der Waals surface area contributed by atoms with Gasteiger partial charge in [0.2, 0.25) is 11.8 Å². The van der Waals surface area contributed by atoms with E-state index in [1.807, 2.05) is 24.3 Å². The van der Waals surface area contributed by atoms with Gasteiger partial charge < -0.3 is 20.5 Å². The van der Waals surface area contributed by atoms with Crippen LogP contribution in [0.2, 0.25) is 5.02 Å². The highest BCUT2D eigenvalue weighted by atomic mass is 35.5. The van der Waals surface area contributed by atoms with Crippen molar-refractivity contribution in [1.29, 1.82) is 0 Å². The molecule has 39 heavy (non-hydrogen) atoms. The number of carbonyl (C=O) groups is 4. The van der Waals surface area contributed by atoms with Crippen molar-refractivity contribution in [2.24, 2.45) is 0 Å². The Hall–Kier alpha value is -4.96. The van der Waals surface area contributed by atoms with E-state index >= 15 is 0 Å². The summed E-state index contributed by atoms with van der Waals surface area (Å²) >= 11 is 5.90. The Kier molecular flexibility index (Phi) is 7.11. The van der Waals surface area contributed by atoms with Crippen LogP contribution in [0.1, 0.15) is 5.56 Å². The van der Waals surface area contributed by atoms with Crippen molar-refractivity contribution < 1.29 is 23.6 Å². The van der Waals surface area contributed by atoms with Gasteiger partial charge in [-0.15, -0.1) is 0 Å². The summed E-state index contributed by atoms with van der Waals surface area (Å²) in [6.07, 6.45) is 3.19. The number of anilines is 2. The number of nitrogens with zero attached hydrogens (tertiary/aromatic N) is 2. The minimum Gasteiger partial charge on any atom is -0.337 e. The number of carbonyl (C=O) groups excluding carboxylic acids is 4. The van der Waals surface area contributed by atoms with E-state index in [0.29, 0.717) is 16.3 Å². The van der Waals surface area contributed by atoms with Crippen molar-refractivity contribution in [2.75, 3.05) is 17.2 Å². The molecule has 1 fully saturated rings. The molecular weight excluding hydrogens is 525 g/mol. The predicted molar refractivity (Wildman–Crippen MR) is 145 cm³/mol. The molecule has 0 radical (unpaired) electrons. The van der Waals surface area contributed by atoms with Crippen molar-refractivity contribution >= 4 is 63.7 Å². The van der Waals surface area contributed by atoms with E-state index in [9.17, 15) is 23.6 Å². The molecule has 0 unspecified atom stereocenters. The van der Waals surface area contributed by atoms with Crippen LogP contribution in [0, 0.1) is 5.82 Å². The van der Waals surface area contributed by atoms with Crippen molar-refractivity contribution in [3.8, 4) is 0 Å². The first-order valence-electron chi connectivity index (χ1n) is 11.8. The van der Waals surface area contributed by atoms with Crippen molar-refractivity contribution in [1.82, 2.24) is 14.8 Å². The third-order valence-electron chi connectivity index (χ3n) is 5.97. The summed E-state index contributed by atoms with van der Waals surface area (Å²) in [5, 5.41) is 8.95. The van der Waals surface area contributed by atoms with E-state index < -0.39 is 30.2 Å². The zero-order valence-corrected chi connectivity index (χ0v) is 21.0. The highest BCUT2D eigenvalue weighted by molar-refractivity contribution is 6.30. The fraction of sp³-hybridized carbons (Fsp3) is 0.0714. The van der Waals surface area contributed by atoms with Crippen molar-refractivity contribution in [3.05, 3.63) is 101 Å². The average molecular weight is 546 g/mol. The maximum atomic E-state index is 13.8. The van der Waals surface area contributed by atoms with Crippen LogP contribution in [-0.4, -0.2) is 39.8 Å². The Morgan fingerprint density at radius 1 is 0.897 bits per heavy atom. The Balaban J connectivity index is 1.33. The van der Waals surface area contributed by atoms with Gasteiger partial charge in [-0.3, -0.25) is 14.4 Å². The number of nitrogens with one attached hydrogen (secondary N) is 3. The molecule has 1 aliphatic rings. The van der Waals surface area contributed by atoms with Crippen LogP contribution in [0.4, 0.5) is 20.6 Å². The molecule has 1 saturated heterocycles. The van der Waals surface area contributed by atoms with E-state index in [1.165, 1.54) is 24.3 Å². The number of urea groups is 1. The van der Waals surface area contributed by atoms with Gasteiger partial charge in [0.1, 0.15) is 24.6 Å². The van der Waals surface area contributed by atoms with Gasteiger partial charge in [0.05, 0.1) is 5.69 Å². The normalized spacial score (nSPS) is 14.1. The second-order valence-electron chi connectivity index (χ2n) is 8.69. The smallest absolute Gasteiger partial charge is 0.329 e. The Morgan fingerprint density at radius 2 is 1.59 bits per heavy atom. The number of para-hydroxylation sites is 2. The first-order chi connectivity index (χ1) is 18.8. The number of benzene rings is 3. The number of aromatic nitrogens is 1. The summed E-state index contributed by atoms with van der Waals surface area (Å²) in [5.74, 6) is -2.34. The summed E-state index contributed by atoms with van der Waals surface area (Å²) in [4.78, 5) is 51.3. The van der Waals surface area contributed by atoms with Gasteiger partial charge in [-0.2, -0.15) is 0 Å². The van der Waals surface area contributed by atoms with E-state index in [1.54, 1.807) is 41.1 Å². The lowest BCUT2D eigenvalue weighted by Crippen LogP contribution is -2.38. The lowest BCUT2D eigenvalue weighted by molar-refractivity contribution is -0.127. The van der Waals surface area contributed by atoms with Crippen LogP contribution >= 0.6 is 11.6 Å². The average Bonchev–Trinajstić information content (AvgIpc) is 3.38. The number of halogens is 2. The van der Waals surface area contributed by atoms with Crippen LogP contribution in [-0.2, 0) is 20.9 Å². The van der Waals surface area contributed by atoms with Gasteiger partial charge in [-0.05, 0) is 48.5 Å². The highest BCUT2D eigenvalue weighted by Gasteiger charge is 2.35. The molecular formula is C28H21ClFN5O4. The molecule has 0 atom stereocenters. The fourth-order valence-corrected chi connectivity index (χ4v) is 4.30. The zero-order chi connectivity index (χ0) is 27.5. The quantitative estimate of drug-likeness (QED) is 0.233. The Bertz CT molecular complexity index is 1650. The van der Waals surface area contributed by atoms with Gasteiger partial charge in [-0.25, -0.2) is 14.1 Å². The molecule has 3 aromatic carbocycles. The van der Waals surface area contributed by atoms with Crippen molar-refractivity contribution in [3.63, 3.8) is 0 Å². The largest absolute Gasteiger partial charge is 0.337 e. The minimum atomic E-state index is -0.777. The number of hydrogen-bond donors (Lipinski definition) is 3. The second kappa shape index (κ2) is 10.8. The van der Waals surface area contributed by atoms with Crippen LogP contribution in [0.3, 0.4) is 0 Å². The number of fused-ring (bicyclic) bond motifs is 1. The summed E-state index contributed by atoms with van der Waals surface area (Å²) < 4.78 is 15.6. The van der Waals surface area contributed by atoms with E-state index in [4.69, 9.17) is 11.6 Å². The standard InChI is InChI=1S/C28H21ClFN5O4/c29-18-9-11-19(12-10-18)31-25(36)15-34-14-17(20-5-1-4-8-24(20)34)13-23-27(38)35(28(39)33-23)16-26(37)32-22-7-3-2-6-21(22)30/h1-14H,15-16H2,(H,31,36)(H,32,37)(H,33,39)/b23-13+. The van der Waals surface area contributed by atoms with Crippen LogP contribution < -0.4 is 16.0 Å². The lowest BCUT2D eigenvalue weighted by Gasteiger charge is -2.12. The van der Waals surface area contributed by atoms with Crippen LogP contribution in [0.5, 0.6) is 0 Å². The molecule has 0 aliphatic carbocycles. The summed E-state index contributed by atoms with van der Waals surface area (Å²) in [5.41, 5.74) is 1.84. The number of imide groups is 1. The van der Waals surface area contributed by atoms with Gasteiger partial charge in [0.15, 0.2) is 0 Å². The van der Waals surface area contributed by atoms with Gasteiger partial charge in [0, 0.05) is 33.4 Å². The first-order valence-corrected chi connectivity index (χ1v) is 12.2. The van der Waals surface area contributed by atoms with E-state index in [2.05, 4.69) is 16.0 Å². The third-order valence-corrected chi connectivity index (χ3v) is 6.23. The van der Waals surface area contributed by atoms with Gasteiger partial charge in [0.25, 0.3) is 5.91 Å². The number of rotatable bonds is 7. The molecule has 11 heteroatoms. The second-order valence-corrected chi connectivity index (χ2v) is 9.13. The number of amides is 5. The lowest BCUT2D eigenvalue weighted by atomic mass is 10.1. The summed E-state index contributed by atoms with van der Waals surface area (Å²) in [6.45, 7) is -0.599. The molecule has 1 aliphatic heterocycles. The minimum absolute atomic E-state index is 0.00500. The number of hydrogen-bond acceptors (Lipinski definition) is 4. The zero-order valence-electron chi connectivity index (χ0n) is 20.3. The fourth-order valence-electron chi connectivity index (χ4n) is 4.18. The molecule has 5 rings (SSSR count). The maximum Gasteiger partial charge on any atom is 0.329 e. The van der Waals surface area contributed by atoms with Crippen molar-refractivity contribution in [2.45, 2.75) is 6.54 Å². The SMILES string of the molecule is O=C(Cn1cc(/C=C2/NC(=O)N(CC(=O)Nc3ccccc3F)C2=O)c2ccccc21)Nc1ccc(Cl)cc1. The molecule has 0 spiro atoms. The van der Waals surface area contributed by atoms with Crippen LogP contribution in [0.15, 0.2) is 84.7 Å². The molecule has 3 N–H and O–H groups in total. The molecule has 5 amide bonds. The third kappa shape index (κ3) is 5.65. The molecule has 2 heterocycles. The summed E-state index contributed by atoms with van der Waals surface area (Å²) in [6, 6.07) is 18.8. The molecule has 196 valence electrons. The highest BCUT2D eigenvalue weighted by Crippen LogP contribution is 2.25. The molecule has 4 aromatic rings. The monoisotopic (exact) mass is 545 g/mol. The Morgan fingerprint density at radius 3 is 2.36 bits per heavy atom. The molecule has 0 saturated carbocycles. The molecule has 9 nitrogen and oxygen atoms in total. The topological polar surface area (TPSA) is 113 Å². The van der Waals surface area contributed by atoms with E-state index in [0.717, 1.165) is 15.8 Å². The molecule has 1 aromatic heterocycles. The molecule has 0 bridgehead atoms. The Labute approximate surface area is 226 Å². The maximum absolute atomic E-state index is 13.8. The van der Waals surface area contributed by atoms with Gasteiger partial charge in [-0.1, -0.05) is 41.9 Å². The van der Waals surface area contributed by atoms with Crippen LogP contribution in [0.25, 0.3) is 17.0 Å². The van der Waals surface area contributed by atoms with Gasteiger partial charge >= 0.3 is 6.03 Å². The predicted octanol–water partition coefficient (Wildman–Crippen LogP) is 4.60. The summed E-state index contributed by atoms with van der Waals surface area (Å²) in [7, 11) is 0. The van der Waals surface area contributed by atoms with E-state index in [-0.39, 0.29) is 23.8 Å².